The van der Waals surface area contributed by atoms with E-state index in [1.54, 1.807) is 6.07 Å². The lowest BCUT2D eigenvalue weighted by Gasteiger charge is -2.06. The van der Waals surface area contributed by atoms with Crippen LogP contribution in [0.2, 0.25) is 0 Å². The lowest BCUT2D eigenvalue weighted by molar-refractivity contribution is 0.0990. The molecule has 1 heterocycles. The number of furan rings is 1. The molecule has 0 amide bonds. The first kappa shape index (κ1) is 14.5. The maximum absolute atomic E-state index is 12.1. The van der Waals surface area contributed by atoms with Gasteiger partial charge in [0.15, 0.2) is 15.6 Å². The van der Waals surface area contributed by atoms with E-state index in [1.807, 2.05) is 32.0 Å². The second-order valence-corrected chi connectivity index (χ2v) is 6.99. The first-order valence-corrected chi connectivity index (χ1v) is 8.02. The van der Waals surface area contributed by atoms with Gasteiger partial charge in [0.2, 0.25) is 5.78 Å². The SMILES string of the molecule is Cc1cc(C)cc(CS(=O)(=O)CC(=O)c2ccco2)c1. The summed E-state index contributed by atoms with van der Waals surface area (Å²) in [5, 5.41) is 0. The highest BCUT2D eigenvalue weighted by atomic mass is 32.2. The van der Waals surface area contributed by atoms with E-state index < -0.39 is 21.4 Å². The monoisotopic (exact) mass is 292 g/mol. The standard InChI is InChI=1S/C15H16O4S/c1-11-6-12(2)8-13(7-11)9-20(17,18)10-14(16)15-4-3-5-19-15/h3-8H,9-10H2,1-2H3. The van der Waals surface area contributed by atoms with Gasteiger partial charge in [-0.25, -0.2) is 8.42 Å². The molecule has 20 heavy (non-hydrogen) atoms. The summed E-state index contributed by atoms with van der Waals surface area (Å²) in [6.07, 6.45) is 1.35. The molecule has 5 heteroatoms. The van der Waals surface area contributed by atoms with Crippen LogP contribution in [0.5, 0.6) is 0 Å². The van der Waals surface area contributed by atoms with Crippen LogP contribution in [0, 0.1) is 13.8 Å². The van der Waals surface area contributed by atoms with Gasteiger partial charge >= 0.3 is 0 Å². The molecule has 0 N–H and O–H groups in total. The second-order valence-electron chi connectivity index (χ2n) is 4.93. The van der Waals surface area contributed by atoms with Gasteiger partial charge in [0.1, 0.15) is 5.75 Å². The summed E-state index contributed by atoms with van der Waals surface area (Å²) in [5.41, 5.74) is 2.72. The van der Waals surface area contributed by atoms with Crippen molar-refractivity contribution >= 4 is 15.6 Å². The third-order valence-corrected chi connectivity index (χ3v) is 4.29. The molecule has 106 valence electrons. The minimum Gasteiger partial charge on any atom is -0.461 e. The topological polar surface area (TPSA) is 64.3 Å². The summed E-state index contributed by atoms with van der Waals surface area (Å²) >= 11 is 0. The number of aryl methyl sites for hydroxylation is 2. The fourth-order valence-electron chi connectivity index (χ4n) is 2.17. The molecule has 0 atom stereocenters. The molecule has 2 rings (SSSR count). The molecule has 0 saturated heterocycles. The summed E-state index contributed by atoms with van der Waals surface area (Å²) < 4.78 is 29.0. The highest BCUT2D eigenvalue weighted by Gasteiger charge is 2.20. The van der Waals surface area contributed by atoms with Gasteiger partial charge in [-0.2, -0.15) is 0 Å². The molecule has 0 fully saturated rings. The molecule has 0 saturated carbocycles. The fraction of sp³-hybridized carbons (Fsp3) is 0.267. The van der Waals surface area contributed by atoms with E-state index >= 15 is 0 Å². The van der Waals surface area contributed by atoms with E-state index in [9.17, 15) is 13.2 Å². The Hall–Kier alpha value is -1.88. The summed E-state index contributed by atoms with van der Waals surface area (Å²) in [4.78, 5) is 11.8. The summed E-state index contributed by atoms with van der Waals surface area (Å²) in [7, 11) is -3.50. The van der Waals surface area contributed by atoms with Gasteiger partial charge in [0, 0.05) is 0 Å². The predicted octanol–water partition coefficient (Wildman–Crippen LogP) is 2.69. The van der Waals surface area contributed by atoms with Gasteiger partial charge in [0.05, 0.1) is 12.0 Å². The third kappa shape index (κ3) is 3.81. The quantitative estimate of drug-likeness (QED) is 0.795. The average Bonchev–Trinajstić information content (AvgIpc) is 2.78. The molecule has 0 aliphatic carbocycles. The molecule has 0 aliphatic heterocycles. The van der Waals surface area contributed by atoms with E-state index in [-0.39, 0.29) is 11.5 Å². The normalized spacial score (nSPS) is 11.5. The molecule has 0 bridgehead atoms. The van der Waals surface area contributed by atoms with Crippen LogP contribution in [0.25, 0.3) is 0 Å². The Morgan fingerprint density at radius 3 is 2.35 bits per heavy atom. The molecular weight excluding hydrogens is 276 g/mol. The van der Waals surface area contributed by atoms with Crippen molar-refractivity contribution in [2.45, 2.75) is 19.6 Å². The molecule has 0 unspecified atom stereocenters. The molecule has 0 radical (unpaired) electrons. The molecule has 1 aromatic carbocycles. The Morgan fingerprint density at radius 1 is 1.15 bits per heavy atom. The average molecular weight is 292 g/mol. The molecular formula is C15H16O4S. The van der Waals surface area contributed by atoms with Crippen molar-refractivity contribution in [3.05, 3.63) is 59.0 Å². The van der Waals surface area contributed by atoms with E-state index in [2.05, 4.69) is 0 Å². The Bertz CT molecular complexity index is 692. The van der Waals surface area contributed by atoms with Crippen molar-refractivity contribution in [1.82, 2.24) is 0 Å². The van der Waals surface area contributed by atoms with Crippen LogP contribution in [-0.4, -0.2) is 20.0 Å². The van der Waals surface area contributed by atoms with E-state index in [0.717, 1.165) is 11.1 Å². The summed E-state index contributed by atoms with van der Waals surface area (Å²) in [6, 6.07) is 8.65. The fourth-order valence-corrected chi connectivity index (χ4v) is 3.48. The molecule has 0 aliphatic rings. The number of ketones is 1. The Kier molecular flexibility index (Phi) is 4.09. The first-order chi connectivity index (χ1) is 9.35. The summed E-state index contributed by atoms with van der Waals surface area (Å²) in [6.45, 7) is 3.83. The second kappa shape index (κ2) is 5.63. The van der Waals surface area contributed by atoms with Crippen LogP contribution in [0.15, 0.2) is 41.0 Å². The van der Waals surface area contributed by atoms with Gasteiger partial charge in [-0.05, 0) is 31.5 Å². The van der Waals surface area contributed by atoms with Gasteiger partial charge in [0.25, 0.3) is 0 Å². The number of Topliss-reactive ketones (excluding diaryl/α,β-unsaturated/α-hetero) is 1. The van der Waals surface area contributed by atoms with Crippen LogP contribution in [0.3, 0.4) is 0 Å². The van der Waals surface area contributed by atoms with Crippen LogP contribution in [0.4, 0.5) is 0 Å². The largest absolute Gasteiger partial charge is 0.461 e. The Labute approximate surface area is 118 Å². The van der Waals surface area contributed by atoms with Crippen molar-refractivity contribution in [2.75, 3.05) is 5.75 Å². The van der Waals surface area contributed by atoms with Crippen molar-refractivity contribution < 1.29 is 17.6 Å². The van der Waals surface area contributed by atoms with E-state index in [0.29, 0.717) is 5.56 Å². The molecule has 0 spiro atoms. The number of hydrogen-bond donors (Lipinski definition) is 0. The Morgan fingerprint density at radius 2 is 1.80 bits per heavy atom. The number of carbonyl (C=O) groups excluding carboxylic acids is 1. The van der Waals surface area contributed by atoms with E-state index in [4.69, 9.17) is 4.42 Å². The van der Waals surface area contributed by atoms with Crippen LogP contribution < -0.4 is 0 Å². The lowest BCUT2D eigenvalue weighted by Crippen LogP contribution is -2.17. The maximum Gasteiger partial charge on any atom is 0.212 e. The number of benzene rings is 1. The van der Waals surface area contributed by atoms with Crippen LogP contribution in [-0.2, 0) is 15.6 Å². The predicted molar refractivity (Wildman–Crippen MR) is 76.4 cm³/mol. The number of hydrogen-bond acceptors (Lipinski definition) is 4. The van der Waals surface area contributed by atoms with Crippen molar-refractivity contribution in [2.24, 2.45) is 0 Å². The first-order valence-electron chi connectivity index (χ1n) is 6.20. The van der Waals surface area contributed by atoms with Crippen LogP contribution in [0.1, 0.15) is 27.2 Å². The number of rotatable bonds is 5. The highest BCUT2D eigenvalue weighted by Crippen LogP contribution is 2.14. The minimum absolute atomic E-state index is 0.0778. The number of sulfone groups is 1. The van der Waals surface area contributed by atoms with Gasteiger partial charge in [-0.15, -0.1) is 0 Å². The summed E-state index contributed by atoms with van der Waals surface area (Å²) in [5.74, 6) is -1.11. The smallest absolute Gasteiger partial charge is 0.212 e. The number of carbonyl (C=O) groups is 1. The zero-order chi connectivity index (χ0) is 14.8. The van der Waals surface area contributed by atoms with Crippen molar-refractivity contribution in [1.29, 1.82) is 0 Å². The molecule has 1 aromatic heterocycles. The van der Waals surface area contributed by atoms with Gasteiger partial charge < -0.3 is 4.42 Å². The molecule has 2 aromatic rings. The zero-order valence-corrected chi connectivity index (χ0v) is 12.2. The van der Waals surface area contributed by atoms with E-state index in [1.165, 1.54) is 12.3 Å². The van der Waals surface area contributed by atoms with Crippen molar-refractivity contribution in [3.8, 4) is 0 Å². The Balaban J connectivity index is 2.13. The zero-order valence-electron chi connectivity index (χ0n) is 11.4. The van der Waals surface area contributed by atoms with Crippen molar-refractivity contribution in [3.63, 3.8) is 0 Å². The van der Waals surface area contributed by atoms with Gasteiger partial charge in [-0.3, -0.25) is 4.79 Å². The van der Waals surface area contributed by atoms with Crippen LogP contribution >= 0.6 is 0 Å². The minimum atomic E-state index is -3.50. The lowest BCUT2D eigenvalue weighted by atomic mass is 10.1. The molecule has 4 nitrogen and oxygen atoms in total. The maximum atomic E-state index is 12.1. The van der Waals surface area contributed by atoms with Gasteiger partial charge in [-0.1, -0.05) is 29.3 Å². The third-order valence-electron chi connectivity index (χ3n) is 2.82. The highest BCUT2D eigenvalue weighted by molar-refractivity contribution is 7.91.